The van der Waals surface area contributed by atoms with Gasteiger partial charge < -0.3 is 0 Å². The van der Waals surface area contributed by atoms with Gasteiger partial charge in [-0.2, -0.15) is 0 Å². The van der Waals surface area contributed by atoms with Crippen molar-refractivity contribution < 1.29 is 9.59 Å². The average Bonchev–Trinajstić information content (AvgIpc) is 1.97. The SMILES string of the molecule is CCCCCC(=C=O)C(=O)Cl. The van der Waals surface area contributed by atoms with Crippen LogP contribution in [0.2, 0.25) is 0 Å². The van der Waals surface area contributed by atoms with E-state index in [-0.39, 0.29) is 5.57 Å². The zero-order chi connectivity index (χ0) is 8.69. The molecule has 0 aromatic carbocycles. The summed E-state index contributed by atoms with van der Waals surface area (Å²) in [6.45, 7) is 2.05. The Balaban J connectivity index is 3.73. The van der Waals surface area contributed by atoms with E-state index in [1.54, 1.807) is 5.94 Å². The summed E-state index contributed by atoms with van der Waals surface area (Å²) < 4.78 is 0. The Kier molecular flexibility index (Phi) is 5.81. The Morgan fingerprint density at radius 1 is 1.45 bits per heavy atom. The molecule has 0 aromatic rings. The van der Waals surface area contributed by atoms with Crippen LogP contribution >= 0.6 is 11.6 Å². The fraction of sp³-hybridized carbons (Fsp3) is 0.625. The smallest absolute Gasteiger partial charge is 0.259 e. The van der Waals surface area contributed by atoms with Crippen molar-refractivity contribution in [2.24, 2.45) is 0 Å². The molecule has 0 amide bonds. The third-order valence-corrected chi connectivity index (χ3v) is 1.62. The van der Waals surface area contributed by atoms with Gasteiger partial charge >= 0.3 is 0 Å². The lowest BCUT2D eigenvalue weighted by Gasteiger charge is -1.94. The van der Waals surface area contributed by atoms with Crippen LogP contribution in [0.25, 0.3) is 0 Å². The highest BCUT2D eigenvalue weighted by molar-refractivity contribution is 6.68. The van der Waals surface area contributed by atoms with Crippen molar-refractivity contribution in [3.63, 3.8) is 0 Å². The summed E-state index contributed by atoms with van der Waals surface area (Å²) in [5.74, 6) is 1.55. The topological polar surface area (TPSA) is 34.1 Å². The second kappa shape index (κ2) is 6.14. The molecule has 0 unspecified atom stereocenters. The predicted octanol–water partition coefficient (Wildman–Crippen LogP) is 2.09. The molecule has 0 aliphatic rings. The lowest BCUT2D eigenvalue weighted by molar-refractivity contribution is -0.108. The Morgan fingerprint density at radius 3 is 2.45 bits per heavy atom. The molecule has 0 rings (SSSR count). The summed E-state index contributed by atoms with van der Waals surface area (Å²) in [5.41, 5.74) is 0.0696. The van der Waals surface area contributed by atoms with Crippen LogP contribution in [-0.4, -0.2) is 11.2 Å². The molecule has 0 saturated carbocycles. The van der Waals surface area contributed by atoms with Crippen LogP contribution in [0.1, 0.15) is 32.6 Å². The second-order valence-corrected chi connectivity index (χ2v) is 2.65. The van der Waals surface area contributed by atoms with Crippen LogP contribution in [-0.2, 0) is 9.59 Å². The molecule has 0 aliphatic heterocycles. The molecule has 2 nitrogen and oxygen atoms in total. The van der Waals surface area contributed by atoms with Gasteiger partial charge in [-0.1, -0.05) is 19.8 Å². The summed E-state index contributed by atoms with van der Waals surface area (Å²) in [7, 11) is 0. The van der Waals surface area contributed by atoms with Gasteiger partial charge in [-0.25, -0.2) is 4.79 Å². The van der Waals surface area contributed by atoms with E-state index in [9.17, 15) is 9.59 Å². The maximum absolute atomic E-state index is 10.4. The molecule has 11 heavy (non-hydrogen) atoms. The molecule has 0 saturated heterocycles. The molecule has 0 spiro atoms. The number of hydrogen-bond donors (Lipinski definition) is 0. The van der Waals surface area contributed by atoms with Crippen LogP contribution in [0.3, 0.4) is 0 Å². The second-order valence-electron chi connectivity index (χ2n) is 2.31. The van der Waals surface area contributed by atoms with Crippen molar-refractivity contribution in [2.45, 2.75) is 32.6 Å². The summed E-state index contributed by atoms with van der Waals surface area (Å²) in [6.07, 6.45) is 3.36. The average molecular weight is 175 g/mol. The maximum atomic E-state index is 10.4. The number of unbranched alkanes of at least 4 members (excludes halogenated alkanes) is 2. The number of rotatable bonds is 5. The van der Waals surface area contributed by atoms with Gasteiger partial charge in [0.2, 0.25) is 0 Å². The Labute approximate surface area is 71.2 Å². The van der Waals surface area contributed by atoms with E-state index in [1.807, 2.05) is 6.92 Å². The highest BCUT2D eigenvalue weighted by Crippen LogP contribution is 2.08. The third-order valence-electron chi connectivity index (χ3n) is 1.39. The molecular weight excluding hydrogens is 164 g/mol. The lowest BCUT2D eigenvalue weighted by Crippen LogP contribution is -1.94. The van der Waals surface area contributed by atoms with Crippen molar-refractivity contribution in [3.05, 3.63) is 5.57 Å². The summed E-state index contributed by atoms with van der Waals surface area (Å²) in [4.78, 5) is 20.5. The van der Waals surface area contributed by atoms with E-state index < -0.39 is 5.24 Å². The molecule has 0 N–H and O–H groups in total. The predicted molar refractivity (Wildman–Crippen MR) is 44.2 cm³/mol. The number of carbonyl (C=O) groups is 1. The fourth-order valence-corrected chi connectivity index (χ4v) is 0.874. The minimum absolute atomic E-state index is 0.0696. The van der Waals surface area contributed by atoms with Gasteiger partial charge in [0.25, 0.3) is 5.24 Å². The fourth-order valence-electron chi connectivity index (χ4n) is 0.741. The first-order chi connectivity index (χ1) is 5.22. The number of halogens is 1. The molecular formula is C8H11ClO2. The number of allylic oxidation sites excluding steroid dienone is 1. The minimum atomic E-state index is -0.670. The summed E-state index contributed by atoms with van der Waals surface area (Å²) >= 11 is 5.08. The first kappa shape index (κ1) is 10.4. The lowest BCUT2D eigenvalue weighted by atomic mass is 10.1. The van der Waals surface area contributed by atoms with Crippen LogP contribution in [0, 0.1) is 0 Å². The molecule has 0 fully saturated rings. The van der Waals surface area contributed by atoms with E-state index >= 15 is 0 Å². The van der Waals surface area contributed by atoms with E-state index in [4.69, 9.17) is 11.6 Å². The van der Waals surface area contributed by atoms with Gasteiger partial charge in [-0.15, -0.1) is 0 Å². The van der Waals surface area contributed by atoms with Crippen LogP contribution < -0.4 is 0 Å². The number of carbonyl (C=O) groups excluding carboxylic acids is 2. The minimum Gasteiger partial charge on any atom is -0.275 e. The Morgan fingerprint density at radius 2 is 2.09 bits per heavy atom. The molecule has 0 bridgehead atoms. The van der Waals surface area contributed by atoms with Gasteiger partial charge in [0.05, 0.1) is 5.57 Å². The quantitative estimate of drug-likeness (QED) is 0.277. The van der Waals surface area contributed by atoms with E-state index in [1.165, 1.54) is 0 Å². The Hall–Kier alpha value is -0.590. The first-order valence-electron chi connectivity index (χ1n) is 3.66. The van der Waals surface area contributed by atoms with Crippen molar-refractivity contribution >= 4 is 22.8 Å². The van der Waals surface area contributed by atoms with Crippen LogP contribution in [0.15, 0.2) is 5.57 Å². The summed E-state index contributed by atoms with van der Waals surface area (Å²) in [5, 5.41) is -0.670. The number of hydrogen-bond acceptors (Lipinski definition) is 2. The molecule has 0 aromatic heterocycles. The monoisotopic (exact) mass is 174 g/mol. The van der Waals surface area contributed by atoms with Crippen molar-refractivity contribution in [1.29, 1.82) is 0 Å². The molecule has 0 atom stereocenters. The van der Waals surface area contributed by atoms with Gasteiger partial charge in [0, 0.05) is 0 Å². The third kappa shape index (κ3) is 4.77. The van der Waals surface area contributed by atoms with E-state index in [2.05, 4.69) is 0 Å². The highest BCUT2D eigenvalue weighted by atomic mass is 35.5. The largest absolute Gasteiger partial charge is 0.275 e. The van der Waals surface area contributed by atoms with Crippen molar-refractivity contribution in [3.8, 4) is 0 Å². The zero-order valence-electron chi connectivity index (χ0n) is 6.52. The first-order valence-corrected chi connectivity index (χ1v) is 4.04. The molecule has 3 heteroatoms. The van der Waals surface area contributed by atoms with Gasteiger partial charge in [-0.3, -0.25) is 4.79 Å². The van der Waals surface area contributed by atoms with Gasteiger partial charge in [0.15, 0.2) is 0 Å². The molecule has 0 aliphatic carbocycles. The molecule has 62 valence electrons. The van der Waals surface area contributed by atoms with Gasteiger partial charge in [0.1, 0.15) is 5.94 Å². The standard InChI is InChI=1S/C8H11ClO2/c1-2-3-4-5-7(6-10)8(9)11/h2-5H2,1H3. The van der Waals surface area contributed by atoms with Crippen LogP contribution in [0.5, 0.6) is 0 Å². The molecule has 0 heterocycles. The van der Waals surface area contributed by atoms with Crippen LogP contribution in [0.4, 0.5) is 0 Å². The molecule has 0 radical (unpaired) electrons. The maximum Gasteiger partial charge on any atom is 0.259 e. The van der Waals surface area contributed by atoms with E-state index in [0.717, 1.165) is 19.3 Å². The normalized spacial score (nSPS) is 8.91. The van der Waals surface area contributed by atoms with E-state index in [0.29, 0.717) is 6.42 Å². The highest BCUT2D eigenvalue weighted by Gasteiger charge is 2.05. The Bertz CT molecular complexity index is 181. The van der Waals surface area contributed by atoms with Crippen molar-refractivity contribution in [2.75, 3.05) is 0 Å². The summed E-state index contributed by atoms with van der Waals surface area (Å²) in [6, 6.07) is 0. The van der Waals surface area contributed by atoms with Crippen molar-refractivity contribution in [1.82, 2.24) is 0 Å². The van der Waals surface area contributed by atoms with Gasteiger partial charge in [-0.05, 0) is 24.4 Å². The zero-order valence-corrected chi connectivity index (χ0v) is 7.28.